The van der Waals surface area contributed by atoms with Gasteiger partial charge in [-0.3, -0.25) is 4.72 Å². The SMILES string of the molecule is CCCCS(=O)(=O)Nc1ccc(NCCOC)nn1. The van der Waals surface area contributed by atoms with Crippen molar-refractivity contribution < 1.29 is 13.2 Å². The Balaban J connectivity index is 2.52. The summed E-state index contributed by atoms with van der Waals surface area (Å²) in [4.78, 5) is 0. The molecule has 0 unspecified atom stereocenters. The van der Waals surface area contributed by atoms with Gasteiger partial charge in [-0.25, -0.2) is 8.42 Å². The Kier molecular flexibility index (Phi) is 6.51. The lowest BCUT2D eigenvalue weighted by Gasteiger charge is -2.07. The molecule has 1 aromatic rings. The lowest BCUT2D eigenvalue weighted by Crippen LogP contribution is -2.18. The minimum atomic E-state index is -3.32. The maximum absolute atomic E-state index is 11.6. The predicted octanol–water partition coefficient (Wildman–Crippen LogP) is 1.08. The molecule has 1 aromatic heterocycles. The van der Waals surface area contributed by atoms with Crippen molar-refractivity contribution in [2.45, 2.75) is 19.8 Å². The first kappa shape index (κ1) is 15.6. The molecule has 0 aliphatic heterocycles. The third-order valence-corrected chi connectivity index (χ3v) is 3.65. The summed E-state index contributed by atoms with van der Waals surface area (Å²) in [5, 5.41) is 10.7. The normalized spacial score (nSPS) is 11.3. The van der Waals surface area contributed by atoms with Crippen LogP contribution >= 0.6 is 0 Å². The Morgan fingerprint density at radius 1 is 1.26 bits per heavy atom. The Hall–Kier alpha value is -1.41. The molecule has 0 bridgehead atoms. The number of aromatic nitrogens is 2. The molecular formula is C11H20N4O3S. The highest BCUT2D eigenvalue weighted by molar-refractivity contribution is 7.92. The summed E-state index contributed by atoms with van der Waals surface area (Å²) in [6, 6.07) is 3.24. The van der Waals surface area contributed by atoms with Gasteiger partial charge in [0.1, 0.15) is 5.82 Å². The molecule has 2 N–H and O–H groups in total. The predicted molar refractivity (Wildman–Crippen MR) is 74.7 cm³/mol. The highest BCUT2D eigenvalue weighted by Crippen LogP contribution is 2.08. The monoisotopic (exact) mass is 288 g/mol. The number of methoxy groups -OCH3 is 1. The molecule has 0 fully saturated rings. The Morgan fingerprint density at radius 3 is 2.53 bits per heavy atom. The van der Waals surface area contributed by atoms with Gasteiger partial charge in [0.05, 0.1) is 12.4 Å². The smallest absolute Gasteiger partial charge is 0.233 e. The molecule has 0 aliphatic rings. The molecule has 0 radical (unpaired) electrons. The Labute approximate surface area is 113 Å². The van der Waals surface area contributed by atoms with Crippen molar-refractivity contribution in [2.24, 2.45) is 0 Å². The minimum absolute atomic E-state index is 0.0963. The van der Waals surface area contributed by atoms with Gasteiger partial charge in [-0.2, -0.15) is 0 Å². The van der Waals surface area contributed by atoms with Crippen LogP contribution in [0.5, 0.6) is 0 Å². The van der Waals surface area contributed by atoms with Crippen molar-refractivity contribution in [1.29, 1.82) is 0 Å². The van der Waals surface area contributed by atoms with Crippen LogP contribution in [0.15, 0.2) is 12.1 Å². The average molecular weight is 288 g/mol. The van der Waals surface area contributed by atoms with Crippen molar-refractivity contribution in [3.05, 3.63) is 12.1 Å². The highest BCUT2D eigenvalue weighted by Gasteiger charge is 2.10. The van der Waals surface area contributed by atoms with Crippen LogP contribution in [0.1, 0.15) is 19.8 Å². The molecule has 0 aliphatic carbocycles. The molecular weight excluding hydrogens is 268 g/mol. The average Bonchev–Trinajstić information content (AvgIpc) is 2.38. The van der Waals surface area contributed by atoms with Crippen LogP contribution in [0, 0.1) is 0 Å². The number of hydrogen-bond acceptors (Lipinski definition) is 6. The van der Waals surface area contributed by atoms with Crippen LogP contribution in [0.2, 0.25) is 0 Å². The van der Waals surface area contributed by atoms with Crippen molar-refractivity contribution in [3.8, 4) is 0 Å². The molecule has 0 aromatic carbocycles. The summed E-state index contributed by atoms with van der Waals surface area (Å²) < 4.78 is 30.6. The number of unbranched alkanes of at least 4 members (excludes halogenated alkanes) is 1. The number of hydrogen-bond donors (Lipinski definition) is 2. The largest absolute Gasteiger partial charge is 0.383 e. The maximum atomic E-state index is 11.6. The quantitative estimate of drug-likeness (QED) is 0.660. The summed E-state index contributed by atoms with van der Waals surface area (Å²) in [6.07, 6.45) is 1.45. The zero-order chi connectivity index (χ0) is 14.1. The molecule has 0 spiro atoms. The van der Waals surface area contributed by atoms with Crippen LogP contribution in [0.3, 0.4) is 0 Å². The van der Waals surface area contributed by atoms with E-state index < -0.39 is 10.0 Å². The van der Waals surface area contributed by atoms with Gasteiger partial charge >= 0.3 is 0 Å². The first-order valence-corrected chi connectivity index (χ1v) is 7.79. The van der Waals surface area contributed by atoms with Gasteiger partial charge in [-0.1, -0.05) is 13.3 Å². The number of rotatable bonds is 9. The number of ether oxygens (including phenoxy) is 1. The van der Waals surface area contributed by atoms with E-state index >= 15 is 0 Å². The number of nitrogens with one attached hydrogen (secondary N) is 2. The minimum Gasteiger partial charge on any atom is -0.383 e. The molecule has 0 atom stereocenters. The van der Waals surface area contributed by atoms with Crippen LogP contribution in [0.4, 0.5) is 11.6 Å². The summed E-state index contributed by atoms with van der Waals surface area (Å²) in [7, 11) is -1.71. The van der Waals surface area contributed by atoms with E-state index in [0.29, 0.717) is 25.4 Å². The molecule has 1 heterocycles. The van der Waals surface area contributed by atoms with E-state index in [4.69, 9.17) is 4.74 Å². The molecule has 7 nitrogen and oxygen atoms in total. The van der Waals surface area contributed by atoms with Crippen LogP contribution < -0.4 is 10.0 Å². The molecule has 1 rings (SSSR count). The van der Waals surface area contributed by atoms with E-state index in [-0.39, 0.29) is 11.6 Å². The second-order valence-electron chi connectivity index (χ2n) is 4.00. The third-order valence-electron chi connectivity index (χ3n) is 2.30. The van der Waals surface area contributed by atoms with Crippen molar-refractivity contribution in [1.82, 2.24) is 10.2 Å². The van der Waals surface area contributed by atoms with Gasteiger partial charge in [-0.15, -0.1) is 10.2 Å². The van der Waals surface area contributed by atoms with Gasteiger partial charge in [0, 0.05) is 13.7 Å². The van der Waals surface area contributed by atoms with Gasteiger partial charge in [0.2, 0.25) is 10.0 Å². The topological polar surface area (TPSA) is 93.2 Å². The molecule has 108 valence electrons. The van der Waals surface area contributed by atoms with Gasteiger partial charge in [-0.05, 0) is 18.6 Å². The standard InChI is InChI=1S/C11H20N4O3S/c1-3-4-9-19(16,17)15-11-6-5-10(13-14-11)12-7-8-18-2/h5-6H,3-4,7-9H2,1-2H3,(H,12,13)(H,14,15). The maximum Gasteiger partial charge on any atom is 0.233 e. The summed E-state index contributed by atoms with van der Waals surface area (Å²) in [5.74, 6) is 0.904. The second kappa shape index (κ2) is 7.90. The summed E-state index contributed by atoms with van der Waals surface area (Å²) >= 11 is 0. The third kappa shape index (κ3) is 6.35. The fourth-order valence-corrected chi connectivity index (χ4v) is 2.51. The van der Waals surface area contributed by atoms with E-state index in [1.54, 1.807) is 19.2 Å². The number of sulfonamides is 1. The number of nitrogens with zero attached hydrogens (tertiary/aromatic N) is 2. The van der Waals surface area contributed by atoms with Crippen LogP contribution in [0.25, 0.3) is 0 Å². The molecule has 0 saturated heterocycles. The van der Waals surface area contributed by atoms with E-state index in [2.05, 4.69) is 20.2 Å². The van der Waals surface area contributed by atoms with Crippen molar-refractivity contribution in [3.63, 3.8) is 0 Å². The molecule has 0 amide bonds. The van der Waals surface area contributed by atoms with Gasteiger partial charge in [0.15, 0.2) is 5.82 Å². The lowest BCUT2D eigenvalue weighted by molar-refractivity contribution is 0.210. The Bertz CT molecular complexity index is 461. The van der Waals surface area contributed by atoms with Crippen molar-refractivity contribution >= 4 is 21.7 Å². The summed E-state index contributed by atoms with van der Waals surface area (Å²) in [5.41, 5.74) is 0. The van der Waals surface area contributed by atoms with E-state index in [1.165, 1.54) is 0 Å². The molecule has 19 heavy (non-hydrogen) atoms. The molecule has 0 saturated carbocycles. The van der Waals surface area contributed by atoms with Crippen molar-refractivity contribution in [2.75, 3.05) is 36.1 Å². The zero-order valence-electron chi connectivity index (χ0n) is 11.2. The fraction of sp³-hybridized carbons (Fsp3) is 0.636. The van der Waals surface area contributed by atoms with E-state index in [0.717, 1.165) is 6.42 Å². The second-order valence-corrected chi connectivity index (χ2v) is 5.84. The number of anilines is 2. The zero-order valence-corrected chi connectivity index (χ0v) is 12.0. The Morgan fingerprint density at radius 2 is 1.95 bits per heavy atom. The highest BCUT2D eigenvalue weighted by atomic mass is 32.2. The lowest BCUT2D eigenvalue weighted by atomic mass is 10.4. The van der Waals surface area contributed by atoms with E-state index in [1.807, 2.05) is 6.92 Å². The fourth-order valence-electron chi connectivity index (χ4n) is 1.31. The van der Waals surface area contributed by atoms with Gasteiger partial charge < -0.3 is 10.1 Å². The summed E-state index contributed by atoms with van der Waals surface area (Å²) in [6.45, 7) is 3.12. The van der Waals surface area contributed by atoms with Crippen LogP contribution in [-0.2, 0) is 14.8 Å². The molecule has 8 heteroatoms. The first-order valence-electron chi connectivity index (χ1n) is 6.14. The van der Waals surface area contributed by atoms with E-state index in [9.17, 15) is 8.42 Å². The van der Waals surface area contributed by atoms with Crippen LogP contribution in [-0.4, -0.2) is 44.6 Å². The first-order chi connectivity index (χ1) is 9.07. The van der Waals surface area contributed by atoms with Gasteiger partial charge in [0.25, 0.3) is 0 Å².